The summed E-state index contributed by atoms with van der Waals surface area (Å²) < 4.78 is 5.29. The van der Waals surface area contributed by atoms with Crippen LogP contribution in [0, 0.1) is 0 Å². The molecule has 0 bridgehead atoms. The molecule has 1 N–H and O–H groups in total. The van der Waals surface area contributed by atoms with Gasteiger partial charge in [0.25, 0.3) is 0 Å². The second kappa shape index (κ2) is 2.95. The Hall–Kier alpha value is -1.35. The van der Waals surface area contributed by atoms with Gasteiger partial charge >= 0.3 is 0 Å². The van der Waals surface area contributed by atoms with E-state index in [1.54, 1.807) is 6.07 Å². The molecule has 0 aliphatic carbocycles. The summed E-state index contributed by atoms with van der Waals surface area (Å²) in [6, 6.07) is 3.59. The lowest BCUT2D eigenvalue weighted by molar-refractivity contribution is 0.276. The molecule has 0 fully saturated rings. The maximum Gasteiger partial charge on any atom is 0.145 e. The smallest absolute Gasteiger partial charge is 0.145 e. The van der Waals surface area contributed by atoms with Gasteiger partial charge in [-0.1, -0.05) is 0 Å². The Morgan fingerprint density at radius 2 is 2.42 bits per heavy atom. The second-order valence-electron chi connectivity index (χ2n) is 2.56. The Morgan fingerprint density at radius 1 is 1.50 bits per heavy atom. The molecule has 1 aromatic rings. The van der Waals surface area contributed by atoms with Crippen molar-refractivity contribution in [1.29, 1.82) is 0 Å². The topological polar surface area (TPSA) is 42.4 Å². The van der Waals surface area contributed by atoms with Crippen LogP contribution in [0.15, 0.2) is 18.2 Å². The molecule has 0 radical (unpaired) electrons. The number of hydrogen-bond acceptors (Lipinski definition) is 3. The highest BCUT2D eigenvalue weighted by Gasteiger charge is 2.06. The van der Waals surface area contributed by atoms with Crippen molar-refractivity contribution in [3.8, 4) is 5.75 Å². The van der Waals surface area contributed by atoms with E-state index in [1.807, 2.05) is 18.2 Å². The highest BCUT2D eigenvalue weighted by molar-refractivity contribution is 5.55. The van der Waals surface area contributed by atoms with E-state index in [2.05, 4.69) is 4.98 Å². The largest absolute Gasteiger partial charge is 0.487 e. The molecule has 0 saturated carbocycles. The van der Waals surface area contributed by atoms with Crippen LogP contribution in [-0.4, -0.2) is 16.7 Å². The highest BCUT2D eigenvalue weighted by Crippen LogP contribution is 2.21. The number of aliphatic hydroxyl groups excluding tert-OH is 1. The molecule has 0 atom stereocenters. The SMILES string of the molecule is OCc1ccc2c(n1)C=CCO2. The zero-order chi connectivity index (χ0) is 8.39. The van der Waals surface area contributed by atoms with Gasteiger partial charge in [-0.05, 0) is 24.3 Å². The summed E-state index contributed by atoms with van der Waals surface area (Å²) in [7, 11) is 0. The fourth-order valence-corrected chi connectivity index (χ4v) is 1.13. The molecule has 2 heterocycles. The fourth-order valence-electron chi connectivity index (χ4n) is 1.13. The maximum absolute atomic E-state index is 8.81. The van der Waals surface area contributed by atoms with Crippen LogP contribution in [0.25, 0.3) is 6.08 Å². The number of aliphatic hydroxyl groups is 1. The van der Waals surface area contributed by atoms with Gasteiger partial charge in [0, 0.05) is 0 Å². The first kappa shape index (κ1) is 7.31. The van der Waals surface area contributed by atoms with Crippen LogP contribution in [0.4, 0.5) is 0 Å². The Balaban J connectivity index is 2.44. The van der Waals surface area contributed by atoms with Gasteiger partial charge in [-0.3, -0.25) is 0 Å². The molecule has 1 aromatic heterocycles. The molecule has 0 spiro atoms. The van der Waals surface area contributed by atoms with Gasteiger partial charge in [-0.15, -0.1) is 0 Å². The lowest BCUT2D eigenvalue weighted by Gasteiger charge is -2.11. The van der Waals surface area contributed by atoms with Gasteiger partial charge in [-0.2, -0.15) is 0 Å². The Labute approximate surface area is 70.3 Å². The summed E-state index contributed by atoms with van der Waals surface area (Å²) >= 11 is 0. The average Bonchev–Trinajstić information content (AvgIpc) is 2.17. The quantitative estimate of drug-likeness (QED) is 0.671. The van der Waals surface area contributed by atoms with Gasteiger partial charge in [-0.25, -0.2) is 4.98 Å². The van der Waals surface area contributed by atoms with Crippen LogP contribution in [0.2, 0.25) is 0 Å². The maximum atomic E-state index is 8.81. The van der Waals surface area contributed by atoms with Crippen LogP contribution in [0.3, 0.4) is 0 Å². The number of hydrogen-bond donors (Lipinski definition) is 1. The summed E-state index contributed by atoms with van der Waals surface area (Å²) in [5.41, 5.74) is 1.47. The predicted octanol–water partition coefficient (Wildman–Crippen LogP) is 0.980. The van der Waals surface area contributed by atoms with E-state index >= 15 is 0 Å². The normalized spacial score (nSPS) is 13.8. The number of nitrogens with zero attached hydrogens (tertiary/aromatic N) is 1. The number of aromatic nitrogens is 1. The van der Waals surface area contributed by atoms with Gasteiger partial charge in [0.2, 0.25) is 0 Å². The monoisotopic (exact) mass is 163 g/mol. The minimum atomic E-state index is -0.0267. The van der Waals surface area contributed by atoms with Crippen molar-refractivity contribution >= 4 is 6.08 Å². The van der Waals surface area contributed by atoms with E-state index < -0.39 is 0 Å². The van der Waals surface area contributed by atoms with Crippen molar-refractivity contribution in [2.45, 2.75) is 6.61 Å². The Kier molecular flexibility index (Phi) is 1.80. The van der Waals surface area contributed by atoms with Crippen molar-refractivity contribution in [1.82, 2.24) is 4.98 Å². The number of ether oxygens (including phenoxy) is 1. The third kappa shape index (κ3) is 1.19. The third-order valence-electron chi connectivity index (χ3n) is 1.72. The van der Waals surface area contributed by atoms with E-state index in [-0.39, 0.29) is 6.61 Å². The van der Waals surface area contributed by atoms with E-state index in [0.29, 0.717) is 12.3 Å². The minimum Gasteiger partial charge on any atom is -0.487 e. The predicted molar refractivity (Wildman–Crippen MR) is 44.7 cm³/mol. The molecule has 62 valence electrons. The molecule has 3 nitrogen and oxygen atoms in total. The van der Waals surface area contributed by atoms with Crippen molar-refractivity contribution in [2.24, 2.45) is 0 Å². The van der Waals surface area contributed by atoms with Crippen molar-refractivity contribution in [3.05, 3.63) is 29.6 Å². The van der Waals surface area contributed by atoms with Crippen molar-refractivity contribution < 1.29 is 9.84 Å². The number of pyridine rings is 1. The molecular formula is C9H9NO2. The van der Waals surface area contributed by atoms with Gasteiger partial charge in [0.1, 0.15) is 18.1 Å². The van der Waals surface area contributed by atoms with E-state index in [0.717, 1.165) is 11.4 Å². The van der Waals surface area contributed by atoms with Crippen molar-refractivity contribution in [2.75, 3.05) is 6.61 Å². The summed E-state index contributed by atoms with van der Waals surface area (Å²) in [6.07, 6.45) is 3.80. The molecule has 0 unspecified atom stereocenters. The van der Waals surface area contributed by atoms with E-state index in [1.165, 1.54) is 0 Å². The summed E-state index contributed by atoms with van der Waals surface area (Å²) in [4.78, 5) is 4.17. The zero-order valence-electron chi connectivity index (χ0n) is 6.53. The average molecular weight is 163 g/mol. The van der Waals surface area contributed by atoms with Gasteiger partial charge in [0.15, 0.2) is 0 Å². The first-order chi connectivity index (χ1) is 5.90. The lowest BCUT2D eigenvalue weighted by Crippen LogP contribution is -2.03. The molecule has 1 aliphatic heterocycles. The summed E-state index contributed by atoms with van der Waals surface area (Å²) in [5, 5.41) is 8.81. The molecule has 0 amide bonds. The molecular weight excluding hydrogens is 154 g/mol. The lowest BCUT2D eigenvalue weighted by atomic mass is 10.2. The second-order valence-corrected chi connectivity index (χ2v) is 2.56. The standard InChI is InChI=1S/C9H9NO2/c11-6-7-3-4-9-8(10-7)2-1-5-12-9/h1-4,11H,5-6H2. The molecule has 0 aromatic carbocycles. The molecule has 0 saturated heterocycles. The zero-order valence-corrected chi connectivity index (χ0v) is 6.53. The summed E-state index contributed by atoms with van der Waals surface area (Å²) in [5.74, 6) is 0.787. The fraction of sp³-hybridized carbons (Fsp3) is 0.222. The van der Waals surface area contributed by atoms with Crippen LogP contribution in [0.1, 0.15) is 11.4 Å². The first-order valence-corrected chi connectivity index (χ1v) is 3.80. The van der Waals surface area contributed by atoms with Crippen LogP contribution < -0.4 is 4.74 Å². The first-order valence-electron chi connectivity index (χ1n) is 3.80. The van der Waals surface area contributed by atoms with Crippen LogP contribution >= 0.6 is 0 Å². The minimum absolute atomic E-state index is 0.0267. The number of rotatable bonds is 1. The van der Waals surface area contributed by atoms with Gasteiger partial charge in [0.05, 0.1) is 12.3 Å². The third-order valence-corrected chi connectivity index (χ3v) is 1.72. The van der Waals surface area contributed by atoms with Gasteiger partial charge < -0.3 is 9.84 Å². The molecule has 1 aliphatic rings. The highest BCUT2D eigenvalue weighted by atomic mass is 16.5. The van der Waals surface area contributed by atoms with E-state index in [9.17, 15) is 0 Å². The number of fused-ring (bicyclic) bond motifs is 1. The van der Waals surface area contributed by atoms with E-state index in [4.69, 9.17) is 9.84 Å². The molecule has 3 heteroatoms. The molecule has 2 rings (SSSR count). The van der Waals surface area contributed by atoms with Crippen molar-refractivity contribution in [3.63, 3.8) is 0 Å². The van der Waals surface area contributed by atoms with Crippen LogP contribution in [0.5, 0.6) is 5.75 Å². The summed E-state index contributed by atoms with van der Waals surface area (Å²) in [6.45, 7) is 0.578. The Bertz CT molecular complexity index is 320. The van der Waals surface area contributed by atoms with Crippen LogP contribution in [-0.2, 0) is 6.61 Å². The molecule has 12 heavy (non-hydrogen) atoms. The Morgan fingerprint density at radius 3 is 3.25 bits per heavy atom.